The van der Waals surface area contributed by atoms with Crippen LogP contribution in [-0.2, 0) is 4.79 Å². The molecule has 0 unspecified atom stereocenters. The van der Waals surface area contributed by atoms with Gasteiger partial charge in [0.15, 0.2) is 6.10 Å². The van der Waals surface area contributed by atoms with Gasteiger partial charge in [-0.25, -0.2) is 4.39 Å². The SMILES string of the molecule is C[C@@H](Oc1ccc(Cl)cc1Cl)c1nnc(SCC(=O)Nc2ccccc2F)o1. The average molecular weight is 442 g/mol. The summed E-state index contributed by atoms with van der Waals surface area (Å²) in [6, 6.07) is 10.8. The Labute approximate surface area is 174 Å². The van der Waals surface area contributed by atoms with Crippen molar-refractivity contribution in [1.82, 2.24) is 10.2 Å². The van der Waals surface area contributed by atoms with Gasteiger partial charge in [0.2, 0.25) is 5.91 Å². The molecule has 0 aliphatic rings. The van der Waals surface area contributed by atoms with E-state index in [0.29, 0.717) is 15.8 Å². The zero-order valence-corrected chi connectivity index (χ0v) is 16.8. The smallest absolute Gasteiger partial charge is 0.277 e. The number of halogens is 3. The van der Waals surface area contributed by atoms with Crippen LogP contribution in [0, 0.1) is 5.82 Å². The van der Waals surface area contributed by atoms with Gasteiger partial charge in [-0.1, -0.05) is 47.1 Å². The molecule has 28 heavy (non-hydrogen) atoms. The van der Waals surface area contributed by atoms with Crippen molar-refractivity contribution in [2.75, 3.05) is 11.1 Å². The first-order valence-electron chi connectivity index (χ1n) is 8.04. The highest BCUT2D eigenvalue weighted by Crippen LogP contribution is 2.31. The zero-order chi connectivity index (χ0) is 20.1. The number of aromatic nitrogens is 2. The summed E-state index contributed by atoms with van der Waals surface area (Å²) in [6.45, 7) is 1.72. The quantitative estimate of drug-likeness (QED) is 0.495. The van der Waals surface area contributed by atoms with E-state index in [2.05, 4.69) is 15.5 Å². The molecule has 1 amide bonds. The van der Waals surface area contributed by atoms with E-state index in [0.717, 1.165) is 11.8 Å². The number of anilines is 1. The Kier molecular flexibility index (Phi) is 6.77. The van der Waals surface area contributed by atoms with Crippen LogP contribution in [0.2, 0.25) is 10.0 Å². The number of thioether (sulfide) groups is 1. The molecule has 0 saturated heterocycles. The second kappa shape index (κ2) is 9.27. The first kappa shape index (κ1) is 20.4. The number of benzene rings is 2. The van der Waals surface area contributed by atoms with Crippen LogP contribution in [0.15, 0.2) is 52.1 Å². The third-order valence-corrected chi connectivity index (χ3v) is 4.79. The van der Waals surface area contributed by atoms with Gasteiger partial charge in [-0.3, -0.25) is 4.79 Å². The highest BCUT2D eigenvalue weighted by molar-refractivity contribution is 7.99. The third-order valence-electron chi connectivity index (χ3n) is 3.44. The lowest BCUT2D eigenvalue weighted by Gasteiger charge is -2.12. The summed E-state index contributed by atoms with van der Waals surface area (Å²) in [7, 11) is 0. The summed E-state index contributed by atoms with van der Waals surface area (Å²) < 4.78 is 24.7. The molecule has 1 aromatic heterocycles. The van der Waals surface area contributed by atoms with Gasteiger partial charge in [0.05, 0.1) is 16.5 Å². The maximum Gasteiger partial charge on any atom is 0.277 e. The van der Waals surface area contributed by atoms with Crippen LogP contribution in [-0.4, -0.2) is 21.9 Å². The minimum Gasteiger partial charge on any atom is -0.479 e. The molecule has 0 saturated carbocycles. The van der Waals surface area contributed by atoms with Gasteiger partial charge in [0.1, 0.15) is 11.6 Å². The molecule has 6 nitrogen and oxygen atoms in total. The second-order valence-electron chi connectivity index (χ2n) is 5.56. The highest BCUT2D eigenvalue weighted by Gasteiger charge is 2.18. The maximum atomic E-state index is 13.5. The van der Waals surface area contributed by atoms with E-state index in [1.54, 1.807) is 37.3 Å². The number of para-hydroxylation sites is 1. The monoisotopic (exact) mass is 441 g/mol. The van der Waals surface area contributed by atoms with Crippen molar-refractivity contribution in [3.05, 3.63) is 64.2 Å². The van der Waals surface area contributed by atoms with Gasteiger partial charge >= 0.3 is 0 Å². The Morgan fingerprint density at radius 2 is 2.07 bits per heavy atom. The summed E-state index contributed by atoms with van der Waals surface area (Å²) in [6.07, 6.45) is -0.562. The second-order valence-corrected chi connectivity index (χ2v) is 7.33. The van der Waals surface area contributed by atoms with E-state index in [-0.39, 0.29) is 22.6 Å². The molecule has 1 N–H and O–H groups in total. The largest absolute Gasteiger partial charge is 0.479 e. The molecule has 0 spiro atoms. The van der Waals surface area contributed by atoms with Crippen LogP contribution in [0.5, 0.6) is 5.75 Å². The van der Waals surface area contributed by atoms with Crippen molar-refractivity contribution in [3.63, 3.8) is 0 Å². The van der Waals surface area contributed by atoms with Crippen LogP contribution in [0.25, 0.3) is 0 Å². The zero-order valence-electron chi connectivity index (χ0n) is 14.5. The molecule has 10 heteroatoms. The lowest BCUT2D eigenvalue weighted by atomic mass is 10.3. The van der Waals surface area contributed by atoms with Crippen LogP contribution < -0.4 is 10.1 Å². The summed E-state index contributed by atoms with van der Waals surface area (Å²) in [4.78, 5) is 11.9. The van der Waals surface area contributed by atoms with E-state index in [4.69, 9.17) is 32.4 Å². The van der Waals surface area contributed by atoms with Gasteiger partial charge in [0, 0.05) is 5.02 Å². The van der Waals surface area contributed by atoms with E-state index >= 15 is 0 Å². The molecule has 0 bridgehead atoms. The van der Waals surface area contributed by atoms with Crippen molar-refractivity contribution in [1.29, 1.82) is 0 Å². The Hall–Kier alpha value is -2.29. The highest BCUT2D eigenvalue weighted by atomic mass is 35.5. The number of nitrogens with zero attached hydrogens (tertiary/aromatic N) is 2. The Morgan fingerprint density at radius 1 is 1.29 bits per heavy atom. The molecule has 2 aromatic carbocycles. The predicted molar refractivity (Wildman–Crippen MR) is 106 cm³/mol. The van der Waals surface area contributed by atoms with Crippen molar-refractivity contribution >= 4 is 46.6 Å². The van der Waals surface area contributed by atoms with Crippen LogP contribution >= 0.6 is 35.0 Å². The van der Waals surface area contributed by atoms with Gasteiger partial charge < -0.3 is 14.5 Å². The normalized spacial score (nSPS) is 11.9. The summed E-state index contributed by atoms with van der Waals surface area (Å²) in [5.41, 5.74) is 0.112. The lowest BCUT2D eigenvalue weighted by Crippen LogP contribution is -2.14. The number of hydrogen-bond donors (Lipinski definition) is 1. The fraction of sp³-hybridized carbons (Fsp3) is 0.167. The van der Waals surface area contributed by atoms with Crippen molar-refractivity contribution in [3.8, 4) is 5.75 Å². The number of hydrogen-bond acceptors (Lipinski definition) is 6. The molecular formula is C18H14Cl2FN3O3S. The molecule has 3 aromatic rings. The lowest BCUT2D eigenvalue weighted by molar-refractivity contribution is -0.113. The Bertz CT molecular complexity index is 986. The first-order chi connectivity index (χ1) is 13.4. The number of carbonyl (C=O) groups excluding carboxylic acids is 1. The first-order valence-corrected chi connectivity index (χ1v) is 9.79. The standard InChI is InChI=1S/C18H14Cl2FN3O3S/c1-10(26-15-7-6-11(19)8-12(15)20)17-23-24-18(27-17)28-9-16(25)22-14-5-3-2-4-13(14)21/h2-8,10H,9H2,1H3,(H,22,25)/t10-/m1/s1. The molecule has 3 rings (SSSR count). The minimum absolute atomic E-state index is 0.0196. The Morgan fingerprint density at radius 3 is 2.82 bits per heavy atom. The van der Waals surface area contributed by atoms with E-state index in [1.165, 1.54) is 12.1 Å². The number of carbonyl (C=O) groups is 1. The minimum atomic E-state index is -0.562. The predicted octanol–water partition coefficient (Wildman–Crippen LogP) is 5.39. The molecule has 1 heterocycles. The van der Waals surface area contributed by atoms with E-state index in [9.17, 15) is 9.18 Å². The molecule has 0 aliphatic heterocycles. The third kappa shape index (κ3) is 5.37. The maximum absolute atomic E-state index is 13.5. The number of rotatable bonds is 7. The van der Waals surface area contributed by atoms with Crippen LogP contribution in [0.4, 0.5) is 10.1 Å². The average Bonchev–Trinajstić information content (AvgIpc) is 3.13. The van der Waals surface area contributed by atoms with Gasteiger partial charge in [-0.15, -0.1) is 10.2 Å². The van der Waals surface area contributed by atoms with E-state index in [1.807, 2.05) is 0 Å². The topological polar surface area (TPSA) is 77.2 Å². The van der Waals surface area contributed by atoms with Gasteiger partial charge in [-0.2, -0.15) is 0 Å². The number of ether oxygens (including phenoxy) is 1. The van der Waals surface area contributed by atoms with Gasteiger partial charge in [-0.05, 0) is 37.3 Å². The molecule has 0 aliphatic carbocycles. The summed E-state index contributed by atoms with van der Waals surface area (Å²) in [5.74, 6) is -0.271. The van der Waals surface area contributed by atoms with Crippen molar-refractivity contribution < 1.29 is 18.3 Å². The molecule has 0 fully saturated rings. The number of nitrogens with one attached hydrogen (secondary N) is 1. The Balaban J connectivity index is 1.54. The molecule has 1 atom stereocenters. The fourth-order valence-corrected chi connectivity index (χ4v) is 3.15. The van der Waals surface area contributed by atoms with Crippen molar-refractivity contribution in [2.45, 2.75) is 18.3 Å². The fourth-order valence-electron chi connectivity index (χ4n) is 2.13. The van der Waals surface area contributed by atoms with Crippen molar-refractivity contribution in [2.24, 2.45) is 0 Å². The van der Waals surface area contributed by atoms with E-state index < -0.39 is 17.8 Å². The van der Waals surface area contributed by atoms with Crippen LogP contribution in [0.3, 0.4) is 0 Å². The number of amides is 1. The molecule has 0 radical (unpaired) electrons. The molecular weight excluding hydrogens is 428 g/mol. The molecule has 146 valence electrons. The van der Waals surface area contributed by atoms with Crippen LogP contribution in [0.1, 0.15) is 18.9 Å². The summed E-state index contributed by atoms with van der Waals surface area (Å²) >= 11 is 13.0. The summed E-state index contributed by atoms with van der Waals surface area (Å²) in [5, 5.41) is 11.3. The van der Waals surface area contributed by atoms with Gasteiger partial charge in [0.25, 0.3) is 11.1 Å².